The highest BCUT2D eigenvalue weighted by atomic mass is 16.6. The number of nitrogens with one attached hydrogen (secondary N) is 1. The van der Waals surface area contributed by atoms with Gasteiger partial charge in [0.1, 0.15) is 5.82 Å². The maximum Gasteiger partial charge on any atom is 0.409 e. The monoisotopic (exact) mass is 423 g/mol. The molecule has 2 fully saturated rings. The Morgan fingerprint density at radius 2 is 1.81 bits per heavy atom. The molecule has 2 aliphatic rings. The van der Waals surface area contributed by atoms with E-state index in [1.807, 2.05) is 12.1 Å². The maximum atomic E-state index is 13.1. The number of pyridine rings is 1. The van der Waals surface area contributed by atoms with Crippen molar-refractivity contribution in [2.24, 2.45) is 0 Å². The van der Waals surface area contributed by atoms with Gasteiger partial charge in [-0.05, 0) is 24.6 Å². The van der Waals surface area contributed by atoms with E-state index in [4.69, 9.17) is 4.74 Å². The summed E-state index contributed by atoms with van der Waals surface area (Å²) in [6, 6.07) is 14.3. The van der Waals surface area contributed by atoms with E-state index in [0.717, 1.165) is 25.5 Å². The van der Waals surface area contributed by atoms with Crippen LogP contribution in [0.2, 0.25) is 0 Å². The molecule has 0 unspecified atom stereocenters. The van der Waals surface area contributed by atoms with Crippen LogP contribution in [-0.4, -0.2) is 79.2 Å². The van der Waals surface area contributed by atoms with Gasteiger partial charge in [0.2, 0.25) is 0 Å². The molecule has 0 aliphatic carbocycles. The number of nitrogens with zero attached hydrogens (tertiary/aromatic N) is 4. The molecule has 8 nitrogen and oxygen atoms in total. The van der Waals surface area contributed by atoms with Gasteiger partial charge in [0.15, 0.2) is 0 Å². The number of rotatable bonds is 4. The number of hydrogen-bond donors (Lipinski definition) is 1. The van der Waals surface area contributed by atoms with E-state index in [0.29, 0.717) is 38.3 Å². The number of ether oxygens (including phenoxy) is 1. The van der Waals surface area contributed by atoms with Crippen LogP contribution in [0.1, 0.15) is 28.9 Å². The standard InChI is InChI=1S/C23H29N5O3/c1-2-31-23(30)27-14-12-26(13-15-27)22(29)19-8-9-25-21(16-19)28-11-10-24-20(17-28)18-6-4-3-5-7-18/h3-9,16,20,24H,2,10-15,17H2,1H3/t20-/m0/s1. The van der Waals surface area contributed by atoms with Crippen molar-refractivity contribution in [3.63, 3.8) is 0 Å². The number of carbonyl (C=O) groups is 2. The number of benzene rings is 1. The molecule has 4 rings (SSSR count). The second kappa shape index (κ2) is 9.78. The first-order chi connectivity index (χ1) is 15.2. The number of carbonyl (C=O) groups excluding carboxylic acids is 2. The van der Waals surface area contributed by atoms with Gasteiger partial charge in [0.25, 0.3) is 5.91 Å². The van der Waals surface area contributed by atoms with E-state index in [-0.39, 0.29) is 18.0 Å². The van der Waals surface area contributed by atoms with Gasteiger partial charge in [0, 0.05) is 63.6 Å². The van der Waals surface area contributed by atoms with E-state index in [1.165, 1.54) is 5.56 Å². The molecular weight excluding hydrogens is 394 g/mol. The molecule has 3 heterocycles. The summed E-state index contributed by atoms with van der Waals surface area (Å²) in [6.07, 6.45) is 1.39. The molecule has 0 radical (unpaired) electrons. The molecule has 0 bridgehead atoms. The molecule has 164 valence electrons. The highest BCUT2D eigenvalue weighted by Crippen LogP contribution is 2.22. The van der Waals surface area contributed by atoms with Crippen molar-refractivity contribution < 1.29 is 14.3 Å². The smallest absolute Gasteiger partial charge is 0.409 e. The van der Waals surface area contributed by atoms with Crippen molar-refractivity contribution in [3.8, 4) is 0 Å². The Hall–Kier alpha value is -3.13. The Labute approximate surface area is 182 Å². The lowest BCUT2D eigenvalue weighted by Crippen LogP contribution is -2.50. The third kappa shape index (κ3) is 4.96. The van der Waals surface area contributed by atoms with Crippen LogP contribution in [0.25, 0.3) is 0 Å². The Balaban J connectivity index is 1.40. The molecule has 0 spiro atoms. The van der Waals surface area contributed by atoms with Crippen LogP contribution in [0.3, 0.4) is 0 Å². The summed E-state index contributed by atoms with van der Waals surface area (Å²) in [7, 11) is 0. The molecule has 2 amide bonds. The summed E-state index contributed by atoms with van der Waals surface area (Å²) in [5.74, 6) is 0.792. The van der Waals surface area contributed by atoms with Crippen molar-refractivity contribution in [3.05, 3.63) is 59.8 Å². The summed E-state index contributed by atoms with van der Waals surface area (Å²) in [5, 5.41) is 3.56. The lowest BCUT2D eigenvalue weighted by atomic mass is 10.0. The Kier molecular flexibility index (Phi) is 6.66. The zero-order valence-corrected chi connectivity index (χ0v) is 17.9. The molecule has 1 aromatic heterocycles. The van der Waals surface area contributed by atoms with Gasteiger partial charge in [0.05, 0.1) is 6.61 Å². The Morgan fingerprint density at radius 1 is 1.06 bits per heavy atom. The van der Waals surface area contributed by atoms with Crippen molar-refractivity contribution in [2.75, 3.05) is 57.3 Å². The predicted molar refractivity (Wildman–Crippen MR) is 118 cm³/mol. The van der Waals surface area contributed by atoms with E-state index in [2.05, 4.69) is 39.5 Å². The second-order valence-corrected chi connectivity index (χ2v) is 7.74. The molecule has 2 saturated heterocycles. The fourth-order valence-electron chi connectivity index (χ4n) is 4.08. The molecule has 1 aromatic carbocycles. The molecule has 2 aliphatic heterocycles. The number of aromatic nitrogens is 1. The number of hydrogen-bond acceptors (Lipinski definition) is 6. The van der Waals surface area contributed by atoms with Crippen molar-refractivity contribution >= 4 is 17.8 Å². The van der Waals surface area contributed by atoms with Crippen LogP contribution in [-0.2, 0) is 4.74 Å². The normalized spacial score (nSPS) is 19.3. The molecule has 1 N–H and O–H groups in total. The van der Waals surface area contributed by atoms with Crippen molar-refractivity contribution in [1.82, 2.24) is 20.1 Å². The Bertz CT molecular complexity index is 899. The van der Waals surface area contributed by atoms with Gasteiger partial charge in [-0.1, -0.05) is 30.3 Å². The van der Waals surface area contributed by atoms with Gasteiger partial charge in [-0.2, -0.15) is 0 Å². The summed E-state index contributed by atoms with van der Waals surface area (Å²) >= 11 is 0. The summed E-state index contributed by atoms with van der Waals surface area (Å²) < 4.78 is 5.05. The lowest BCUT2D eigenvalue weighted by Gasteiger charge is -2.35. The minimum atomic E-state index is -0.313. The van der Waals surface area contributed by atoms with Gasteiger partial charge in [-0.15, -0.1) is 0 Å². The summed E-state index contributed by atoms with van der Waals surface area (Å²) in [6.45, 7) is 6.61. The van der Waals surface area contributed by atoms with E-state index >= 15 is 0 Å². The molecular formula is C23H29N5O3. The Morgan fingerprint density at radius 3 is 2.55 bits per heavy atom. The fourth-order valence-corrected chi connectivity index (χ4v) is 4.08. The number of amides is 2. The third-order valence-electron chi connectivity index (χ3n) is 5.79. The molecule has 0 saturated carbocycles. The van der Waals surface area contributed by atoms with Gasteiger partial charge in [-0.25, -0.2) is 9.78 Å². The highest BCUT2D eigenvalue weighted by Gasteiger charge is 2.27. The first-order valence-electron chi connectivity index (χ1n) is 10.9. The fraction of sp³-hybridized carbons (Fsp3) is 0.435. The lowest BCUT2D eigenvalue weighted by molar-refractivity contribution is 0.0570. The van der Waals surface area contributed by atoms with Crippen LogP contribution in [0.4, 0.5) is 10.6 Å². The second-order valence-electron chi connectivity index (χ2n) is 7.74. The SMILES string of the molecule is CCOC(=O)N1CCN(C(=O)c2ccnc(N3CCN[C@H](c4ccccc4)C3)c2)CC1. The zero-order chi connectivity index (χ0) is 21.6. The minimum Gasteiger partial charge on any atom is -0.450 e. The van der Waals surface area contributed by atoms with Crippen LogP contribution in [0, 0.1) is 0 Å². The average Bonchev–Trinajstić information content (AvgIpc) is 2.84. The van der Waals surface area contributed by atoms with E-state index < -0.39 is 0 Å². The molecule has 8 heteroatoms. The van der Waals surface area contributed by atoms with E-state index in [9.17, 15) is 9.59 Å². The quantitative estimate of drug-likeness (QED) is 0.812. The number of piperazine rings is 2. The van der Waals surface area contributed by atoms with Gasteiger partial charge >= 0.3 is 6.09 Å². The summed E-state index contributed by atoms with van der Waals surface area (Å²) in [5.41, 5.74) is 1.88. The van der Waals surface area contributed by atoms with Gasteiger partial charge in [-0.3, -0.25) is 4.79 Å². The van der Waals surface area contributed by atoms with Crippen molar-refractivity contribution in [1.29, 1.82) is 0 Å². The largest absolute Gasteiger partial charge is 0.450 e. The third-order valence-corrected chi connectivity index (χ3v) is 5.79. The van der Waals surface area contributed by atoms with E-state index in [1.54, 1.807) is 29.0 Å². The minimum absolute atomic E-state index is 0.0260. The van der Waals surface area contributed by atoms with Crippen LogP contribution >= 0.6 is 0 Å². The summed E-state index contributed by atoms with van der Waals surface area (Å²) in [4.78, 5) is 35.1. The topological polar surface area (TPSA) is 78.0 Å². The first kappa shape index (κ1) is 21.1. The molecule has 1 atom stereocenters. The van der Waals surface area contributed by atoms with Crippen LogP contribution in [0.5, 0.6) is 0 Å². The predicted octanol–water partition coefficient (Wildman–Crippen LogP) is 2.15. The van der Waals surface area contributed by atoms with Gasteiger partial charge < -0.3 is 24.8 Å². The molecule has 2 aromatic rings. The molecule has 31 heavy (non-hydrogen) atoms. The maximum absolute atomic E-state index is 13.1. The highest BCUT2D eigenvalue weighted by molar-refractivity contribution is 5.95. The number of anilines is 1. The average molecular weight is 424 g/mol. The van der Waals surface area contributed by atoms with Crippen molar-refractivity contribution in [2.45, 2.75) is 13.0 Å². The van der Waals surface area contributed by atoms with Crippen LogP contribution in [0.15, 0.2) is 48.7 Å². The van der Waals surface area contributed by atoms with Crippen LogP contribution < -0.4 is 10.2 Å². The zero-order valence-electron chi connectivity index (χ0n) is 17.9. The first-order valence-corrected chi connectivity index (χ1v) is 10.9.